The fourth-order valence-corrected chi connectivity index (χ4v) is 2.70. The lowest BCUT2D eigenvalue weighted by atomic mass is 10.1. The minimum absolute atomic E-state index is 0.178. The molecule has 1 amide bonds. The van der Waals surface area contributed by atoms with Crippen molar-refractivity contribution >= 4 is 11.6 Å². The third kappa shape index (κ3) is 1.31. The molecule has 0 saturated carbocycles. The Morgan fingerprint density at radius 2 is 1.94 bits per heavy atom. The fraction of sp³-hybridized carbons (Fsp3) is 0.462. The van der Waals surface area contributed by atoms with E-state index in [-0.39, 0.29) is 5.91 Å². The summed E-state index contributed by atoms with van der Waals surface area (Å²) in [6.45, 7) is 2.94. The number of amides is 1. The van der Waals surface area contributed by atoms with E-state index in [1.807, 2.05) is 7.05 Å². The van der Waals surface area contributed by atoms with Crippen LogP contribution in [0.15, 0.2) is 18.2 Å². The van der Waals surface area contributed by atoms with Gasteiger partial charge < -0.3 is 9.80 Å². The molecule has 0 atom stereocenters. The van der Waals surface area contributed by atoms with Crippen LogP contribution in [0.25, 0.3) is 0 Å². The second-order valence-electron chi connectivity index (χ2n) is 4.67. The third-order valence-electron chi connectivity index (χ3n) is 3.54. The number of anilines is 1. The average Bonchev–Trinajstić information content (AvgIpc) is 2.88. The molecular weight excluding hydrogens is 200 g/mol. The van der Waals surface area contributed by atoms with Gasteiger partial charge in [0.25, 0.3) is 5.91 Å². The molecule has 0 bridgehead atoms. The quantitative estimate of drug-likeness (QED) is 0.715. The van der Waals surface area contributed by atoms with E-state index in [9.17, 15) is 4.79 Å². The van der Waals surface area contributed by atoms with Gasteiger partial charge in [0.1, 0.15) is 0 Å². The summed E-state index contributed by atoms with van der Waals surface area (Å²) in [6.07, 6.45) is 2.49. The molecule has 1 aromatic rings. The SMILES string of the molecule is CN1Cc2cccc(N3CCCC3)c2C1=O. The van der Waals surface area contributed by atoms with Crippen LogP contribution in [0.4, 0.5) is 5.69 Å². The van der Waals surface area contributed by atoms with Crippen LogP contribution in [0.1, 0.15) is 28.8 Å². The van der Waals surface area contributed by atoms with E-state index in [4.69, 9.17) is 0 Å². The second-order valence-corrected chi connectivity index (χ2v) is 4.67. The van der Waals surface area contributed by atoms with E-state index in [1.165, 1.54) is 18.4 Å². The Hall–Kier alpha value is -1.51. The first-order valence-electron chi connectivity index (χ1n) is 5.89. The van der Waals surface area contributed by atoms with E-state index in [0.29, 0.717) is 0 Å². The highest BCUT2D eigenvalue weighted by Crippen LogP contribution is 2.32. The van der Waals surface area contributed by atoms with Gasteiger partial charge in [0.2, 0.25) is 0 Å². The molecule has 1 saturated heterocycles. The number of hydrogen-bond donors (Lipinski definition) is 0. The van der Waals surface area contributed by atoms with E-state index in [2.05, 4.69) is 23.1 Å². The molecule has 0 aromatic heterocycles. The maximum Gasteiger partial charge on any atom is 0.256 e. The molecule has 84 valence electrons. The van der Waals surface area contributed by atoms with Gasteiger partial charge in [-0.25, -0.2) is 0 Å². The van der Waals surface area contributed by atoms with Crippen LogP contribution in [-0.4, -0.2) is 30.9 Å². The first-order chi connectivity index (χ1) is 7.77. The molecule has 0 N–H and O–H groups in total. The second kappa shape index (κ2) is 3.51. The first-order valence-corrected chi connectivity index (χ1v) is 5.89. The van der Waals surface area contributed by atoms with Crippen LogP contribution in [0.2, 0.25) is 0 Å². The van der Waals surface area contributed by atoms with E-state index in [0.717, 1.165) is 30.9 Å². The summed E-state index contributed by atoms with van der Waals surface area (Å²) in [5.74, 6) is 0.178. The molecule has 2 aliphatic heterocycles. The predicted octanol–water partition coefficient (Wildman–Crippen LogP) is 1.87. The van der Waals surface area contributed by atoms with Crippen molar-refractivity contribution in [2.24, 2.45) is 0 Å². The number of nitrogens with zero attached hydrogens (tertiary/aromatic N) is 2. The number of hydrogen-bond acceptors (Lipinski definition) is 2. The monoisotopic (exact) mass is 216 g/mol. The maximum atomic E-state index is 12.1. The Bertz CT molecular complexity index is 436. The van der Waals surface area contributed by atoms with E-state index < -0.39 is 0 Å². The summed E-state index contributed by atoms with van der Waals surface area (Å²) < 4.78 is 0. The molecule has 1 aromatic carbocycles. The third-order valence-corrected chi connectivity index (χ3v) is 3.54. The van der Waals surface area contributed by atoms with Gasteiger partial charge in [-0.3, -0.25) is 4.79 Å². The largest absolute Gasteiger partial charge is 0.371 e. The summed E-state index contributed by atoms with van der Waals surface area (Å²) in [4.78, 5) is 16.2. The van der Waals surface area contributed by atoms with Crippen molar-refractivity contribution in [3.63, 3.8) is 0 Å². The minimum atomic E-state index is 0.178. The molecule has 16 heavy (non-hydrogen) atoms. The topological polar surface area (TPSA) is 23.6 Å². The molecule has 0 unspecified atom stereocenters. The highest BCUT2D eigenvalue weighted by molar-refractivity contribution is 6.03. The molecule has 0 aliphatic carbocycles. The Kier molecular flexibility index (Phi) is 2.13. The lowest BCUT2D eigenvalue weighted by molar-refractivity contribution is 0.0817. The Morgan fingerprint density at radius 3 is 2.69 bits per heavy atom. The lowest BCUT2D eigenvalue weighted by Crippen LogP contribution is -2.23. The molecule has 3 rings (SSSR count). The van der Waals surface area contributed by atoms with Gasteiger partial charge in [-0.1, -0.05) is 12.1 Å². The molecule has 0 spiro atoms. The van der Waals surface area contributed by atoms with Crippen LogP contribution in [0.3, 0.4) is 0 Å². The van der Waals surface area contributed by atoms with Gasteiger partial charge in [-0.05, 0) is 24.5 Å². The van der Waals surface area contributed by atoms with Crippen molar-refractivity contribution in [2.75, 3.05) is 25.0 Å². The molecular formula is C13H16N2O. The van der Waals surface area contributed by atoms with Crippen LogP contribution in [0.5, 0.6) is 0 Å². The van der Waals surface area contributed by atoms with E-state index >= 15 is 0 Å². The van der Waals surface area contributed by atoms with Gasteiger partial charge in [0, 0.05) is 32.4 Å². The highest BCUT2D eigenvalue weighted by Gasteiger charge is 2.29. The van der Waals surface area contributed by atoms with Gasteiger partial charge in [0.05, 0.1) is 5.56 Å². The summed E-state index contributed by atoms with van der Waals surface area (Å²) >= 11 is 0. The summed E-state index contributed by atoms with van der Waals surface area (Å²) in [5.41, 5.74) is 3.26. The van der Waals surface area contributed by atoms with Crippen molar-refractivity contribution in [3.05, 3.63) is 29.3 Å². The zero-order chi connectivity index (χ0) is 11.1. The first kappa shape index (κ1) is 9.70. The van der Waals surface area contributed by atoms with Gasteiger partial charge >= 0.3 is 0 Å². The van der Waals surface area contributed by atoms with Crippen molar-refractivity contribution in [2.45, 2.75) is 19.4 Å². The average molecular weight is 216 g/mol. The number of benzene rings is 1. The van der Waals surface area contributed by atoms with Gasteiger partial charge in [-0.15, -0.1) is 0 Å². The van der Waals surface area contributed by atoms with E-state index in [1.54, 1.807) is 4.90 Å². The van der Waals surface area contributed by atoms with Crippen molar-refractivity contribution < 1.29 is 4.79 Å². The Labute approximate surface area is 95.7 Å². The Balaban J connectivity index is 2.07. The maximum absolute atomic E-state index is 12.1. The van der Waals surface area contributed by atoms with Gasteiger partial charge in [-0.2, -0.15) is 0 Å². The van der Waals surface area contributed by atoms with Crippen molar-refractivity contribution in [3.8, 4) is 0 Å². The summed E-state index contributed by atoms with van der Waals surface area (Å²) in [5, 5.41) is 0. The number of carbonyl (C=O) groups is 1. The van der Waals surface area contributed by atoms with Crippen molar-refractivity contribution in [1.29, 1.82) is 0 Å². The summed E-state index contributed by atoms with van der Waals surface area (Å²) in [6, 6.07) is 6.22. The normalized spacial score (nSPS) is 19.4. The number of rotatable bonds is 1. The fourth-order valence-electron chi connectivity index (χ4n) is 2.70. The molecule has 2 aliphatic rings. The zero-order valence-electron chi connectivity index (χ0n) is 9.57. The van der Waals surface area contributed by atoms with Crippen LogP contribution in [-0.2, 0) is 6.54 Å². The smallest absolute Gasteiger partial charge is 0.256 e. The van der Waals surface area contributed by atoms with Crippen LogP contribution >= 0.6 is 0 Å². The zero-order valence-corrected chi connectivity index (χ0v) is 9.57. The van der Waals surface area contributed by atoms with Crippen molar-refractivity contribution in [1.82, 2.24) is 4.90 Å². The molecule has 0 radical (unpaired) electrons. The number of carbonyl (C=O) groups excluding carboxylic acids is 1. The number of fused-ring (bicyclic) bond motifs is 1. The minimum Gasteiger partial charge on any atom is -0.371 e. The summed E-state index contributed by atoms with van der Waals surface area (Å²) in [7, 11) is 1.87. The molecule has 1 fully saturated rings. The molecule has 3 nitrogen and oxygen atoms in total. The van der Waals surface area contributed by atoms with Crippen LogP contribution < -0.4 is 4.90 Å². The Morgan fingerprint density at radius 1 is 1.19 bits per heavy atom. The standard InChI is InChI=1S/C13H16N2O/c1-14-9-10-5-4-6-11(12(10)13(14)16)15-7-2-3-8-15/h4-6H,2-3,7-9H2,1H3. The lowest BCUT2D eigenvalue weighted by Gasteiger charge is -2.20. The highest BCUT2D eigenvalue weighted by atomic mass is 16.2. The van der Waals surface area contributed by atoms with Gasteiger partial charge in [0.15, 0.2) is 0 Å². The predicted molar refractivity (Wildman–Crippen MR) is 63.7 cm³/mol. The molecule has 2 heterocycles. The van der Waals surface area contributed by atoms with Crippen LogP contribution in [0, 0.1) is 0 Å². The molecule has 3 heteroatoms.